The number of esters is 2. The molecule has 0 aromatic heterocycles. The van der Waals surface area contributed by atoms with E-state index in [0.717, 1.165) is 5.56 Å². The molecule has 1 aromatic carbocycles. The van der Waals surface area contributed by atoms with Gasteiger partial charge in [-0.3, -0.25) is 9.59 Å². The molecule has 1 rings (SSSR count). The average molecular weight is 318 g/mol. The van der Waals surface area contributed by atoms with E-state index in [1.54, 1.807) is 6.92 Å². The van der Waals surface area contributed by atoms with E-state index < -0.39 is 17.7 Å². The first kappa shape index (κ1) is 18.9. The van der Waals surface area contributed by atoms with Crippen LogP contribution in [0.4, 0.5) is 0 Å². The molecule has 126 valence electrons. The van der Waals surface area contributed by atoms with Gasteiger partial charge in [0.1, 0.15) is 0 Å². The smallest absolute Gasteiger partial charge is 0.305 e. The van der Waals surface area contributed by atoms with Crippen LogP contribution in [0, 0.1) is 0 Å². The molecule has 0 atom stereocenters. The van der Waals surface area contributed by atoms with Crippen LogP contribution in [0.15, 0.2) is 30.3 Å². The summed E-state index contributed by atoms with van der Waals surface area (Å²) in [5.74, 6) is -1.64. The Balaban J connectivity index is 2.61. The Labute approximate surface area is 138 Å². The largest absolute Gasteiger partial charge is 0.423 e. The van der Waals surface area contributed by atoms with Crippen LogP contribution < -0.4 is 0 Å². The van der Waals surface area contributed by atoms with Gasteiger partial charge in [-0.25, -0.2) is 0 Å². The third kappa shape index (κ3) is 7.13. The van der Waals surface area contributed by atoms with Crippen molar-refractivity contribution in [1.82, 2.24) is 0 Å². The van der Waals surface area contributed by atoms with Crippen LogP contribution >= 0.6 is 0 Å². The predicted molar refractivity (Wildman–Crippen MR) is 90.7 cm³/mol. The first-order valence-corrected chi connectivity index (χ1v) is 7.87. The molecule has 0 aliphatic rings. The molecule has 0 aliphatic heterocycles. The zero-order valence-corrected chi connectivity index (χ0v) is 14.6. The van der Waals surface area contributed by atoms with E-state index in [1.807, 2.05) is 12.2 Å². The molecule has 0 bridgehead atoms. The van der Waals surface area contributed by atoms with Gasteiger partial charge in [0.2, 0.25) is 0 Å². The highest BCUT2D eigenvalue weighted by Gasteiger charge is 2.30. The number of carbonyl (C=O) groups is 2. The van der Waals surface area contributed by atoms with Gasteiger partial charge < -0.3 is 9.47 Å². The minimum Gasteiger partial charge on any atom is -0.423 e. The lowest BCUT2D eigenvalue weighted by Crippen LogP contribution is -2.35. The van der Waals surface area contributed by atoms with Crippen molar-refractivity contribution in [3.63, 3.8) is 0 Å². The molecule has 4 nitrogen and oxygen atoms in total. The molecule has 0 fully saturated rings. The zero-order valence-electron chi connectivity index (χ0n) is 14.6. The van der Waals surface area contributed by atoms with Crippen molar-refractivity contribution in [2.75, 3.05) is 0 Å². The molecule has 0 saturated heterocycles. The maximum absolute atomic E-state index is 11.2. The van der Waals surface area contributed by atoms with Crippen LogP contribution in [0.2, 0.25) is 0 Å². The molecular weight excluding hydrogens is 292 g/mol. The highest BCUT2D eigenvalue weighted by molar-refractivity contribution is 5.68. The normalized spacial score (nSPS) is 11.7. The SMILES string of the molecule is CC(=O)OC(C)(CCC=Cc1ccc(C(C)C)cc1)OC(C)=O. The Morgan fingerprint density at radius 1 is 1.09 bits per heavy atom. The maximum atomic E-state index is 11.2. The molecule has 0 saturated carbocycles. The van der Waals surface area contributed by atoms with Crippen molar-refractivity contribution in [3.8, 4) is 0 Å². The van der Waals surface area contributed by atoms with Gasteiger partial charge in [-0.05, 0) is 23.5 Å². The van der Waals surface area contributed by atoms with Crippen LogP contribution in [0.1, 0.15) is 64.5 Å². The number of hydrogen-bond donors (Lipinski definition) is 0. The lowest BCUT2D eigenvalue weighted by atomic mass is 10.0. The van der Waals surface area contributed by atoms with Crippen molar-refractivity contribution in [1.29, 1.82) is 0 Å². The molecule has 0 N–H and O–H groups in total. The van der Waals surface area contributed by atoms with Crippen LogP contribution in [0.25, 0.3) is 6.08 Å². The third-order valence-corrected chi connectivity index (χ3v) is 3.40. The van der Waals surface area contributed by atoms with E-state index in [4.69, 9.17) is 9.47 Å². The minimum absolute atomic E-state index is 0.409. The summed E-state index contributed by atoms with van der Waals surface area (Å²) in [5, 5.41) is 0. The van der Waals surface area contributed by atoms with Crippen molar-refractivity contribution in [2.45, 2.75) is 59.2 Å². The fourth-order valence-corrected chi connectivity index (χ4v) is 2.29. The minimum atomic E-state index is -1.22. The van der Waals surface area contributed by atoms with Gasteiger partial charge in [0.05, 0.1) is 0 Å². The number of hydrogen-bond acceptors (Lipinski definition) is 4. The third-order valence-electron chi connectivity index (χ3n) is 3.40. The number of rotatable bonds is 7. The molecule has 0 aliphatic carbocycles. The Morgan fingerprint density at radius 2 is 1.61 bits per heavy atom. The lowest BCUT2D eigenvalue weighted by Gasteiger charge is -2.27. The molecule has 1 aromatic rings. The summed E-state index contributed by atoms with van der Waals surface area (Å²) in [5.41, 5.74) is 2.41. The van der Waals surface area contributed by atoms with Gasteiger partial charge in [-0.15, -0.1) is 0 Å². The molecule has 4 heteroatoms. The zero-order chi connectivity index (χ0) is 17.5. The van der Waals surface area contributed by atoms with Gasteiger partial charge in [-0.1, -0.05) is 50.3 Å². The molecule has 23 heavy (non-hydrogen) atoms. The number of allylic oxidation sites excluding steroid dienone is 1. The van der Waals surface area contributed by atoms with Crippen molar-refractivity contribution in [3.05, 3.63) is 41.5 Å². The Kier molecular flexibility index (Phi) is 7.01. The van der Waals surface area contributed by atoms with Crippen molar-refractivity contribution in [2.24, 2.45) is 0 Å². The van der Waals surface area contributed by atoms with Crippen LogP contribution in [-0.4, -0.2) is 17.7 Å². The van der Waals surface area contributed by atoms with E-state index in [0.29, 0.717) is 18.8 Å². The van der Waals surface area contributed by atoms with Gasteiger partial charge in [0.15, 0.2) is 0 Å². The van der Waals surface area contributed by atoms with Gasteiger partial charge >= 0.3 is 11.9 Å². The monoisotopic (exact) mass is 318 g/mol. The average Bonchev–Trinajstić information content (AvgIpc) is 2.42. The van der Waals surface area contributed by atoms with E-state index >= 15 is 0 Å². The van der Waals surface area contributed by atoms with Crippen LogP contribution in [0.5, 0.6) is 0 Å². The molecule has 0 amide bonds. The summed E-state index contributed by atoms with van der Waals surface area (Å²) in [6, 6.07) is 8.38. The highest BCUT2D eigenvalue weighted by atomic mass is 16.7. The molecule has 0 spiro atoms. The summed E-state index contributed by atoms with van der Waals surface area (Å²) in [6.45, 7) is 8.52. The number of ether oxygens (including phenoxy) is 2. The van der Waals surface area contributed by atoms with Crippen molar-refractivity contribution >= 4 is 18.0 Å². The second kappa shape index (κ2) is 8.51. The first-order chi connectivity index (χ1) is 10.7. The summed E-state index contributed by atoms with van der Waals surface area (Å²) >= 11 is 0. The number of carbonyl (C=O) groups excluding carboxylic acids is 2. The second-order valence-corrected chi connectivity index (χ2v) is 6.08. The van der Waals surface area contributed by atoms with E-state index in [1.165, 1.54) is 19.4 Å². The van der Waals surface area contributed by atoms with Gasteiger partial charge in [0, 0.05) is 27.2 Å². The maximum Gasteiger partial charge on any atom is 0.305 e. The number of benzene rings is 1. The van der Waals surface area contributed by atoms with E-state index in [-0.39, 0.29) is 0 Å². The van der Waals surface area contributed by atoms with Gasteiger partial charge in [0.25, 0.3) is 5.79 Å². The molecule has 0 heterocycles. The fraction of sp³-hybridized carbons (Fsp3) is 0.474. The first-order valence-electron chi connectivity index (χ1n) is 7.87. The molecule has 0 unspecified atom stereocenters. The fourth-order valence-electron chi connectivity index (χ4n) is 2.29. The quantitative estimate of drug-likeness (QED) is 0.550. The highest BCUT2D eigenvalue weighted by Crippen LogP contribution is 2.21. The topological polar surface area (TPSA) is 52.6 Å². The van der Waals surface area contributed by atoms with Crippen molar-refractivity contribution < 1.29 is 19.1 Å². The summed E-state index contributed by atoms with van der Waals surface area (Å²) in [6.07, 6.45) is 5.03. The molecule has 0 radical (unpaired) electrons. The molecular formula is C19H26O4. The van der Waals surface area contributed by atoms with E-state index in [2.05, 4.69) is 38.1 Å². The Bertz CT molecular complexity index is 539. The Morgan fingerprint density at radius 3 is 2.04 bits per heavy atom. The predicted octanol–water partition coefficient (Wildman–Crippen LogP) is 4.45. The van der Waals surface area contributed by atoms with Crippen LogP contribution in [-0.2, 0) is 19.1 Å². The van der Waals surface area contributed by atoms with E-state index in [9.17, 15) is 9.59 Å². The Hall–Kier alpha value is -2.10. The standard InChI is InChI=1S/C19H26O4/c1-14(2)18-11-9-17(10-12-18)8-6-7-13-19(5,22-15(3)20)23-16(4)21/h6,8-12,14H,7,13H2,1-5H3. The summed E-state index contributed by atoms with van der Waals surface area (Å²) in [7, 11) is 0. The van der Waals surface area contributed by atoms with Crippen LogP contribution in [0.3, 0.4) is 0 Å². The second-order valence-electron chi connectivity index (χ2n) is 6.08. The summed E-state index contributed by atoms with van der Waals surface area (Å²) in [4.78, 5) is 22.3. The lowest BCUT2D eigenvalue weighted by molar-refractivity contribution is -0.221. The van der Waals surface area contributed by atoms with Gasteiger partial charge in [-0.2, -0.15) is 0 Å². The summed E-state index contributed by atoms with van der Waals surface area (Å²) < 4.78 is 10.3.